The van der Waals surface area contributed by atoms with Gasteiger partial charge in [-0.2, -0.15) is 0 Å². The quantitative estimate of drug-likeness (QED) is 0.840. The second-order valence-electron chi connectivity index (χ2n) is 5.13. The van der Waals surface area contributed by atoms with E-state index in [0.717, 1.165) is 18.2 Å². The Bertz CT molecular complexity index is 403. The molecule has 0 spiro atoms. The highest BCUT2D eigenvalue weighted by Gasteiger charge is 2.33. The predicted octanol–water partition coefficient (Wildman–Crippen LogP) is 4.05. The van der Waals surface area contributed by atoms with Crippen LogP contribution in [0.5, 0.6) is 5.75 Å². The fraction of sp³-hybridized carbons (Fsp3) is 0.600. The fourth-order valence-corrected chi connectivity index (χ4v) is 2.86. The summed E-state index contributed by atoms with van der Waals surface area (Å²) >= 11 is 6.22. The lowest BCUT2D eigenvalue weighted by atomic mass is 9.90. The summed E-state index contributed by atoms with van der Waals surface area (Å²) in [6.07, 6.45) is 2.74. The van der Waals surface area contributed by atoms with Crippen LogP contribution in [0.15, 0.2) is 18.2 Å². The Labute approximate surface area is 115 Å². The van der Waals surface area contributed by atoms with Crippen molar-refractivity contribution in [3.05, 3.63) is 28.8 Å². The Morgan fingerprint density at radius 2 is 2.17 bits per heavy atom. The van der Waals surface area contributed by atoms with Crippen LogP contribution in [0.3, 0.4) is 0 Å². The first-order valence-corrected chi connectivity index (χ1v) is 7.12. The number of methoxy groups -OCH3 is 1. The van der Waals surface area contributed by atoms with E-state index in [1.165, 1.54) is 18.4 Å². The highest BCUT2D eigenvalue weighted by molar-refractivity contribution is 6.32. The van der Waals surface area contributed by atoms with E-state index in [1.807, 2.05) is 12.1 Å². The van der Waals surface area contributed by atoms with Gasteiger partial charge >= 0.3 is 0 Å². The molecule has 0 aromatic heterocycles. The van der Waals surface area contributed by atoms with Gasteiger partial charge in [0, 0.05) is 6.04 Å². The monoisotopic (exact) mass is 267 g/mol. The molecule has 0 heterocycles. The number of nitrogens with one attached hydrogen (secondary N) is 1. The summed E-state index contributed by atoms with van der Waals surface area (Å²) < 4.78 is 5.21. The van der Waals surface area contributed by atoms with E-state index in [0.29, 0.717) is 17.0 Å². The van der Waals surface area contributed by atoms with Gasteiger partial charge in [-0.25, -0.2) is 0 Å². The number of halogens is 1. The molecule has 2 rings (SSSR count). The van der Waals surface area contributed by atoms with E-state index in [4.69, 9.17) is 16.3 Å². The summed E-state index contributed by atoms with van der Waals surface area (Å²) in [4.78, 5) is 0. The molecule has 0 saturated heterocycles. The number of benzene rings is 1. The van der Waals surface area contributed by atoms with Crippen molar-refractivity contribution in [2.75, 3.05) is 13.7 Å². The van der Waals surface area contributed by atoms with Crippen molar-refractivity contribution in [1.29, 1.82) is 0 Å². The van der Waals surface area contributed by atoms with Gasteiger partial charge in [0.25, 0.3) is 0 Å². The first kappa shape index (κ1) is 13.7. The maximum absolute atomic E-state index is 6.22. The minimum absolute atomic E-state index is 0.394. The second kappa shape index (κ2) is 5.94. The molecule has 1 aliphatic carbocycles. The molecule has 1 aromatic carbocycles. The zero-order valence-electron chi connectivity index (χ0n) is 11.4. The Balaban J connectivity index is 2.21. The van der Waals surface area contributed by atoms with E-state index >= 15 is 0 Å². The summed E-state index contributed by atoms with van der Waals surface area (Å²) in [5, 5.41) is 4.28. The second-order valence-corrected chi connectivity index (χ2v) is 5.53. The van der Waals surface area contributed by atoms with E-state index < -0.39 is 0 Å². The first-order valence-electron chi connectivity index (χ1n) is 6.74. The molecule has 1 saturated carbocycles. The molecular weight excluding hydrogens is 246 g/mol. The predicted molar refractivity (Wildman–Crippen MR) is 76.3 cm³/mol. The van der Waals surface area contributed by atoms with Crippen LogP contribution in [-0.4, -0.2) is 13.7 Å². The average Bonchev–Trinajstić information content (AvgIpc) is 3.19. The van der Waals surface area contributed by atoms with Gasteiger partial charge in [-0.05, 0) is 48.9 Å². The van der Waals surface area contributed by atoms with Gasteiger partial charge in [0.2, 0.25) is 0 Å². The van der Waals surface area contributed by atoms with Gasteiger partial charge < -0.3 is 10.1 Å². The Morgan fingerprint density at radius 1 is 1.44 bits per heavy atom. The van der Waals surface area contributed by atoms with E-state index in [1.54, 1.807) is 7.11 Å². The smallest absolute Gasteiger partial charge is 0.137 e. The van der Waals surface area contributed by atoms with Crippen LogP contribution in [0, 0.1) is 11.8 Å². The minimum Gasteiger partial charge on any atom is -0.495 e. The normalized spacial score (nSPS) is 18.4. The molecule has 0 radical (unpaired) electrons. The summed E-state index contributed by atoms with van der Waals surface area (Å²) in [6.45, 7) is 5.46. The molecular formula is C15H22ClNO. The lowest BCUT2D eigenvalue weighted by Gasteiger charge is -2.25. The van der Waals surface area contributed by atoms with Crippen molar-refractivity contribution in [2.45, 2.75) is 32.7 Å². The molecule has 2 unspecified atom stereocenters. The third kappa shape index (κ3) is 2.99. The van der Waals surface area contributed by atoms with E-state index in [9.17, 15) is 0 Å². The van der Waals surface area contributed by atoms with Crippen LogP contribution in [0.2, 0.25) is 5.02 Å². The van der Waals surface area contributed by atoms with Crippen LogP contribution in [0.1, 0.15) is 38.3 Å². The highest BCUT2D eigenvalue weighted by Crippen LogP contribution is 2.43. The standard InChI is InChI=1S/C15H22ClNO/c1-4-17-15(10(2)11-5-6-11)12-7-8-14(18-3)13(16)9-12/h7-11,15,17H,4-6H2,1-3H3. The number of hydrogen-bond donors (Lipinski definition) is 1. The van der Waals surface area contributed by atoms with Crippen LogP contribution in [0.25, 0.3) is 0 Å². The van der Waals surface area contributed by atoms with Crippen LogP contribution >= 0.6 is 11.6 Å². The molecule has 1 N–H and O–H groups in total. The molecule has 0 amide bonds. The summed E-state index contributed by atoms with van der Waals surface area (Å²) in [6, 6.07) is 6.51. The van der Waals surface area contributed by atoms with Gasteiger partial charge in [-0.15, -0.1) is 0 Å². The molecule has 1 aromatic rings. The molecule has 0 bridgehead atoms. The van der Waals surface area contributed by atoms with Crippen molar-refractivity contribution < 1.29 is 4.74 Å². The average molecular weight is 268 g/mol. The molecule has 1 aliphatic rings. The van der Waals surface area contributed by atoms with Crippen LogP contribution in [-0.2, 0) is 0 Å². The van der Waals surface area contributed by atoms with Gasteiger partial charge in [-0.1, -0.05) is 31.5 Å². The highest BCUT2D eigenvalue weighted by atomic mass is 35.5. The van der Waals surface area contributed by atoms with Crippen molar-refractivity contribution >= 4 is 11.6 Å². The largest absolute Gasteiger partial charge is 0.495 e. The lowest BCUT2D eigenvalue weighted by Crippen LogP contribution is -2.27. The van der Waals surface area contributed by atoms with Crippen molar-refractivity contribution in [3.8, 4) is 5.75 Å². The van der Waals surface area contributed by atoms with Gasteiger partial charge in [0.1, 0.15) is 5.75 Å². The Morgan fingerprint density at radius 3 is 2.67 bits per heavy atom. The van der Waals surface area contributed by atoms with Gasteiger partial charge in [0.05, 0.1) is 12.1 Å². The molecule has 2 atom stereocenters. The van der Waals surface area contributed by atoms with Crippen molar-refractivity contribution in [1.82, 2.24) is 5.32 Å². The third-order valence-electron chi connectivity index (χ3n) is 3.85. The minimum atomic E-state index is 0.394. The van der Waals surface area contributed by atoms with Gasteiger partial charge in [-0.3, -0.25) is 0 Å². The molecule has 2 nitrogen and oxygen atoms in total. The molecule has 18 heavy (non-hydrogen) atoms. The van der Waals surface area contributed by atoms with Crippen LogP contribution < -0.4 is 10.1 Å². The summed E-state index contributed by atoms with van der Waals surface area (Å²) in [7, 11) is 1.65. The Kier molecular flexibility index (Phi) is 4.52. The van der Waals surface area contributed by atoms with E-state index in [-0.39, 0.29) is 0 Å². The summed E-state index contributed by atoms with van der Waals surface area (Å²) in [5.74, 6) is 2.28. The summed E-state index contributed by atoms with van der Waals surface area (Å²) in [5.41, 5.74) is 1.27. The van der Waals surface area contributed by atoms with Gasteiger partial charge in [0.15, 0.2) is 0 Å². The zero-order valence-corrected chi connectivity index (χ0v) is 12.1. The molecule has 0 aliphatic heterocycles. The Hall–Kier alpha value is -0.730. The SMILES string of the molecule is CCNC(c1ccc(OC)c(Cl)c1)C(C)C1CC1. The number of hydrogen-bond acceptors (Lipinski definition) is 2. The lowest BCUT2D eigenvalue weighted by molar-refractivity contribution is 0.354. The van der Waals surface area contributed by atoms with Crippen LogP contribution in [0.4, 0.5) is 0 Å². The number of ether oxygens (including phenoxy) is 1. The van der Waals surface area contributed by atoms with Crippen molar-refractivity contribution in [2.24, 2.45) is 11.8 Å². The zero-order chi connectivity index (χ0) is 13.1. The number of rotatable bonds is 6. The fourth-order valence-electron chi connectivity index (χ4n) is 2.60. The molecule has 100 valence electrons. The third-order valence-corrected chi connectivity index (χ3v) is 4.15. The molecule has 1 fully saturated rings. The first-order chi connectivity index (χ1) is 8.67. The maximum Gasteiger partial charge on any atom is 0.137 e. The molecule has 3 heteroatoms. The van der Waals surface area contributed by atoms with E-state index in [2.05, 4.69) is 25.2 Å². The topological polar surface area (TPSA) is 21.3 Å². The maximum atomic E-state index is 6.22. The van der Waals surface area contributed by atoms with Crippen molar-refractivity contribution in [3.63, 3.8) is 0 Å².